The number of hydrogen-bond acceptors (Lipinski definition) is 6. The van der Waals surface area contributed by atoms with Crippen molar-refractivity contribution in [2.45, 2.75) is 6.04 Å². The molecule has 5 rings (SSSR count). The Hall–Kier alpha value is -3.51. The lowest BCUT2D eigenvalue weighted by molar-refractivity contribution is 0.174. The second-order valence-corrected chi connectivity index (χ2v) is 7.01. The highest BCUT2D eigenvalue weighted by Crippen LogP contribution is 2.42. The van der Waals surface area contributed by atoms with Crippen LogP contribution in [0.15, 0.2) is 67.0 Å². The van der Waals surface area contributed by atoms with Gasteiger partial charge in [-0.3, -0.25) is 4.98 Å². The summed E-state index contributed by atoms with van der Waals surface area (Å²) in [6.07, 6.45) is 3.33. The molecule has 3 heterocycles. The maximum Gasteiger partial charge on any atom is 0.231 e. The fraction of sp³-hybridized carbons (Fsp3) is 0.0909. The Labute approximate surface area is 171 Å². The van der Waals surface area contributed by atoms with Gasteiger partial charge in [0.1, 0.15) is 17.1 Å². The van der Waals surface area contributed by atoms with Crippen molar-refractivity contribution < 1.29 is 14.6 Å². The van der Waals surface area contributed by atoms with E-state index in [2.05, 4.69) is 15.3 Å². The summed E-state index contributed by atoms with van der Waals surface area (Å²) in [5, 5.41) is 15.6. The molecule has 1 aliphatic rings. The molecule has 0 saturated heterocycles. The molecule has 0 amide bonds. The number of ether oxygens (including phenoxy) is 2. The van der Waals surface area contributed by atoms with Crippen LogP contribution in [0.25, 0.3) is 10.9 Å². The number of rotatable bonds is 4. The van der Waals surface area contributed by atoms with Gasteiger partial charge in [0.25, 0.3) is 0 Å². The number of phenols is 1. The van der Waals surface area contributed by atoms with Crippen LogP contribution in [0.4, 0.5) is 5.82 Å². The number of hydrogen-bond donors (Lipinski definition) is 2. The summed E-state index contributed by atoms with van der Waals surface area (Å²) in [6.45, 7) is 0.189. The van der Waals surface area contributed by atoms with Crippen LogP contribution in [0.2, 0.25) is 5.02 Å². The van der Waals surface area contributed by atoms with E-state index >= 15 is 0 Å². The third kappa shape index (κ3) is 3.17. The molecule has 0 saturated carbocycles. The molecular weight excluding hydrogens is 390 g/mol. The van der Waals surface area contributed by atoms with Gasteiger partial charge in [0.15, 0.2) is 11.5 Å². The standard InChI is InChI=1S/C22H16ClN3O3/c23-16-11-15(22(27)21-14(16)4-3-9-25-21)20(26-19-5-1-2-8-24-19)13-6-7-17-18(10-13)29-12-28-17/h1-11,20,27H,12H2,(H,24,26)/t20-/m0/s1. The maximum atomic E-state index is 11.0. The molecule has 0 unspecified atom stereocenters. The highest BCUT2D eigenvalue weighted by molar-refractivity contribution is 6.35. The van der Waals surface area contributed by atoms with Gasteiger partial charge in [-0.15, -0.1) is 0 Å². The van der Waals surface area contributed by atoms with E-state index in [4.69, 9.17) is 21.1 Å². The third-order valence-corrected chi connectivity index (χ3v) is 5.16. The minimum Gasteiger partial charge on any atom is -0.505 e. The molecule has 6 nitrogen and oxygen atoms in total. The van der Waals surface area contributed by atoms with E-state index in [1.54, 1.807) is 24.5 Å². The Morgan fingerprint density at radius 1 is 0.966 bits per heavy atom. The molecule has 29 heavy (non-hydrogen) atoms. The molecule has 4 aromatic rings. The Kier molecular flexibility index (Phi) is 4.33. The van der Waals surface area contributed by atoms with Gasteiger partial charge in [-0.2, -0.15) is 0 Å². The molecule has 2 N–H and O–H groups in total. The Morgan fingerprint density at radius 3 is 2.69 bits per heavy atom. The number of anilines is 1. The Morgan fingerprint density at radius 2 is 1.83 bits per heavy atom. The second kappa shape index (κ2) is 7.14. The zero-order valence-electron chi connectivity index (χ0n) is 15.2. The van der Waals surface area contributed by atoms with Gasteiger partial charge in [0.2, 0.25) is 6.79 Å². The van der Waals surface area contributed by atoms with Crippen LogP contribution in [-0.2, 0) is 0 Å². The predicted molar refractivity (Wildman–Crippen MR) is 111 cm³/mol. The summed E-state index contributed by atoms with van der Waals surface area (Å²) in [5.41, 5.74) is 1.90. The van der Waals surface area contributed by atoms with Crippen LogP contribution >= 0.6 is 11.6 Å². The number of nitrogens with zero attached hydrogens (tertiary/aromatic N) is 2. The number of benzene rings is 2. The Bertz CT molecular complexity index is 1200. The SMILES string of the molecule is Oc1c([C@@H](Nc2ccccn2)c2ccc3c(c2)OCO3)cc(Cl)c2cccnc12. The largest absolute Gasteiger partial charge is 0.505 e. The number of phenolic OH excluding ortho intramolecular Hbond substituents is 1. The van der Waals surface area contributed by atoms with Crippen LogP contribution < -0.4 is 14.8 Å². The van der Waals surface area contributed by atoms with E-state index in [0.717, 1.165) is 5.56 Å². The minimum absolute atomic E-state index is 0.0658. The van der Waals surface area contributed by atoms with Crippen molar-refractivity contribution in [3.8, 4) is 17.2 Å². The van der Waals surface area contributed by atoms with Crippen LogP contribution in [0, 0.1) is 0 Å². The number of aromatic hydroxyl groups is 1. The lowest BCUT2D eigenvalue weighted by Crippen LogP contribution is -2.14. The van der Waals surface area contributed by atoms with Crippen molar-refractivity contribution in [1.82, 2.24) is 9.97 Å². The van der Waals surface area contributed by atoms with Crippen molar-refractivity contribution >= 4 is 28.3 Å². The first kappa shape index (κ1) is 17.6. The van der Waals surface area contributed by atoms with Crippen molar-refractivity contribution in [1.29, 1.82) is 0 Å². The van der Waals surface area contributed by atoms with Crippen LogP contribution in [0.3, 0.4) is 0 Å². The van der Waals surface area contributed by atoms with Crippen molar-refractivity contribution in [2.24, 2.45) is 0 Å². The van der Waals surface area contributed by atoms with Gasteiger partial charge in [0.05, 0.1) is 11.1 Å². The van der Waals surface area contributed by atoms with Crippen molar-refractivity contribution in [3.05, 3.63) is 83.1 Å². The number of halogens is 1. The molecule has 1 atom stereocenters. The lowest BCUT2D eigenvalue weighted by atomic mass is 9.95. The van der Waals surface area contributed by atoms with Gasteiger partial charge < -0.3 is 19.9 Å². The molecule has 0 aliphatic carbocycles. The molecular formula is C22H16ClN3O3. The highest BCUT2D eigenvalue weighted by Gasteiger charge is 2.24. The van der Waals surface area contributed by atoms with Gasteiger partial charge in [0, 0.05) is 23.3 Å². The average molecular weight is 406 g/mol. The molecule has 0 radical (unpaired) electrons. The summed E-state index contributed by atoms with van der Waals surface area (Å²) in [4.78, 5) is 8.68. The minimum atomic E-state index is -0.441. The van der Waals surface area contributed by atoms with E-state index < -0.39 is 6.04 Å². The molecule has 7 heteroatoms. The number of aromatic nitrogens is 2. The second-order valence-electron chi connectivity index (χ2n) is 6.60. The molecule has 0 bridgehead atoms. The topological polar surface area (TPSA) is 76.5 Å². The van der Waals surface area contributed by atoms with E-state index in [9.17, 15) is 5.11 Å². The van der Waals surface area contributed by atoms with Gasteiger partial charge >= 0.3 is 0 Å². The van der Waals surface area contributed by atoms with Crippen LogP contribution in [0.1, 0.15) is 17.2 Å². The average Bonchev–Trinajstić information content (AvgIpc) is 3.23. The predicted octanol–water partition coefficient (Wildman–Crippen LogP) is 4.92. The van der Waals surface area contributed by atoms with Crippen molar-refractivity contribution in [3.63, 3.8) is 0 Å². The van der Waals surface area contributed by atoms with E-state index in [1.807, 2.05) is 42.5 Å². The Balaban J connectivity index is 1.68. The summed E-state index contributed by atoms with van der Waals surface area (Å²) in [6, 6.07) is 16.2. The molecule has 2 aromatic carbocycles. The fourth-order valence-electron chi connectivity index (χ4n) is 3.46. The molecule has 144 valence electrons. The van der Waals surface area contributed by atoms with Gasteiger partial charge in [-0.05, 0) is 48.0 Å². The fourth-order valence-corrected chi connectivity index (χ4v) is 3.73. The normalized spacial score (nSPS) is 13.4. The van der Waals surface area contributed by atoms with Gasteiger partial charge in [-0.25, -0.2) is 4.98 Å². The number of nitrogens with one attached hydrogen (secondary N) is 1. The summed E-state index contributed by atoms with van der Waals surface area (Å²) >= 11 is 6.52. The highest BCUT2D eigenvalue weighted by atomic mass is 35.5. The zero-order chi connectivity index (χ0) is 19.8. The monoisotopic (exact) mass is 405 g/mol. The molecule has 0 spiro atoms. The summed E-state index contributed by atoms with van der Waals surface area (Å²) in [7, 11) is 0. The molecule has 0 fully saturated rings. The first-order chi connectivity index (χ1) is 14.2. The number of pyridine rings is 2. The smallest absolute Gasteiger partial charge is 0.231 e. The van der Waals surface area contributed by atoms with Crippen molar-refractivity contribution in [2.75, 3.05) is 12.1 Å². The first-order valence-electron chi connectivity index (χ1n) is 9.04. The number of fused-ring (bicyclic) bond motifs is 2. The van der Waals surface area contributed by atoms with E-state index in [1.165, 1.54) is 0 Å². The summed E-state index contributed by atoms with van der Waals surface area (Å²) < 4.78 is 11.0. The molecule has 2 aromatic heterocycles. The summed E-state index contributed by atoms with van der Waals surface area (Å²) in [5.74, 6) is 2.07. The van der Waals surface area contributed by atoms with E-state index in [-0.39, 0.29) is 12.5 Å². The first-order valence-corrected chi connectivity index (χ1v) is 9.42. The lowest BCUT2D eigenvalue weighted by Gasteiger charge is -2.22. The maximum absolute atomic E-state index is 11.0. The van der Waals surface area contributed by atoms with Crippen LogP contribution in [0.5, 0.6) is 17.2 Å². The quantitative estimate of drug-likeness (QED) is 0.502. The van der Waals surface area contributed by atoms with E-state index in [0.29, 0.717) is 38.8 Å². The van der Waals surface area contributed by atoms with Crippen LogP contribution in [-0.4, -0.2) is 21.9 Å². The molecule has 1 aliphatic heterocycles. The third-order valence-electron chi connectivity index (χ3n) is 4.84. The zero-order valence-corrected chi connectivity index (χ0v) is 15.9. The van der Waals surface area contributed by atoms with Gasteiger partial charge in [-0.1, -0.05) is 23.7 Å².